The summed E-state index contributed by atoms with van der Waals surface area (Å²) in [4.78, 5) is 26.4. The van der Waals surface area contributed by atoms with Crippen LogP contribution in [0.5, 0.6) is 0 Å². The number of carbonyl (C=O) groups is 2. The summed E-state index contributed by atoms with van der Waals surface area (Å²) in [7, 11) is 0. The van der Waals surface area contributed by atoms with Crippen LogP contribution in [-0.2, 0) is 13.0 Å². The van der Waals surface area contributed by atoms with Crippen LogP contribution >= 0.6 is 11.6 Å². The molecule has 4 rings (SSSR count). The highest BCUT2D eigenvalue weighted by Crippen LogP contribution is 2.27. The van der Waals surface area contributed by atoms with Gasteiger partial charge in [0, 0.05) is 35.2 Å². The van der Waals surface area contributed by atoms with Crippen molar-refractivity contribution in [1.29, 1.82) is 0 Å². The molecule has 0 saturated heterocycles. The Kier molecular flexibility index (Phi) is 4.29. The third-order valence-corrected chi connectivity index (χ3v) is 5.11. The second-order valence-corrected chi connectivity index (χ2v) is 7.00. The molecule has 0 unspecified atom stereocenters. The molecule has 0 fully saturated rings. The molecule has 0 spiro atoms. The molecule has 4 nitrogen and oxygen atoms in total. The fourth-order valence-electron chi connectivity index (χ4n) is 3.64. The number of amides is 2. The molecule has 0 atom stereocenters. The van der Waals surface area contributed by atoms with E-state index in [1.54, 1.807) is 24.3 Å². The minimum atomic E-state index is -0.207. The lowest BCUT2D eigenvalue weighted by Crippen LogP contribution is -2.31. The van der Waals surface area contributed by atoms with E-state index >= 15 is 0 Å². The lowest BCUT2D eigenvalue weighted by Gasteiger charge is -2.13. The van der Waals surface area contributed by atoms with Crippen LogP contribution in [0.2, 0.25) is 5.02 Å². The summed E-state index contributed by atoms with van der Waals surface area (Å²) in [6.45, 7) is 3.43. The van der Waals surface area contributed by atoms with Gasteiger partial charge in [-0.1, -0.05) is 30.7 Å². The van der Waals surface area contributed by atoms with Crippen LogP contribution < -0.4 is 0 Å². The van der Waals surface area contributed by atoms with Crippen molar-refractivity contribution in [3.8, 4) is 0 Å². The summed E-state index contributed by atoms with van der Waals surface area (Å²) in [5, 5.41) is 1.77. The molecule has 5 heteroatoms. The molecular formula is C21H19ClN2O2. The van der Waals surface area contributed by atoms with Crippen LogP contribution in [-0.4, -0.2) is 27.8 Å². The predicted molar refractivity (Wildman–Crippen MR) is 103 cm³/mol. The Morgan fingerprint density at radius 2 is 1.65 bits per heavy atom. The number of benzene rings is 2. The van der Waals surface area contributed by atoms with Gasteiger partial charge >= 0.3 is 0 Å². The first-order valence-corrected chi connectivity index (χ1v) is 9.20. The fourth-order valence-corrected chi connectivity index (χ4v) is 3.81. The van der Waals surface area contributed by atoms with E-state index in [4.69, 9.17) is 11.6 Å². The normalized spacial score (nSPS) is 13.7. The zero-order valence-electron chi connectivity index (χ0n) is 14.5. The van der Waals surface area contributed by atoms with E-state index in [9.17, 15) is 9.59 Å². The van der Waals surface area contributed by atoms with E-state index in [0.29, 0.717) is 29.1 Å². The fraction of sp³-hybridized carbons (Fsp3) is 0.238. The molecule has 1 aliphatic heterocycles. The van der Waals surface area contributed by atoms with Crippen molar-refractivity contribution in [2.24, 2.45) is 0 Å². The lowest BCUT2D eigenvalue weighted by atomic mass is 10.1. The Hall–Kier alpha value is -2.59. The predicted octanol–water partition coefficient (Wildman–Crippen LogP) is 4.54. The average Bonchev–Trinajstić information content (AvgIpc) is 3.10. The number of halogens is 1. The summed E-state index contributed by atoms with van der Waals surface area (Å²) < 4.78 is 2.21. The highest BCUT2D eigenvalue weighted by Gasteiger charge is 2.34. The van der Waals surface area contributed by atoms with Crippen LogP contribution in [0.1, 0.15) is 39.6 Å². The van der Waals surface area contributed by atoms with E-state index < -0.39 is 0 Å². The number of nitrogens with zero attached hydrogens (tertiary/aromatic N) is 2. The minimum Gasteiger partial charge on any atom is -0.347 e. The summed E-state index contributed by atoms with van der Waals surface area (Å²) in [5.74, 6) is -0.415. The summed E-state index contributed by atoms with van der Waals surface area (Å²) in [5.41, 5.74) is 3.23. The van der Waals surface area contributed by atoms with Crippen molar-refractivity contribution in [2.75, 3.05) is 6.54 Å². The maximum atomic E-state index is 12.5. The van der Waals surface area contributed by atoms with Crippen molar-refractivity contribution in [2.45, 2.75) is 26.3 Å². The molecule has 132 valence electrons. The molecule has 1 aliphatic rings. The molecule has 1 aromatic heterocycles. The van der Waals surface area contributed by atoms with Gasteiger partial charge in [-0.3, -0.25) is 14.5 Å². The van der Waals surface area contributed by atoms with Crippen molar-refractivity contribution in [3.05, 3.63) is 70.4 Å². The summed E-state index contributed by atoms with van der Waals surface area (Å²) >= 11 is 6.18. The number of rotatable bonds is 5. The molecule has 26 heavy (non-hydrogen) atoms. The Balaban J connectivity index is 1.62. The first kappa shape index (κ1) is 16.9. The minimum absolute atomic E-state index is 0.207. The van der Waals surface area contributed by atoms with Gasteiger partial charge in [0.1, 0.15) is 0 Å². The monoisotopic (exact) mass is 366 g/mol. The summed E-state index contributed by atoms with van der Waals surface area (Å²) in [6, 6.07) is 12.9. The van der Waals surface area contributed by atoms with Crippen molar-refractivity contribution < 1.29 is 9.59 Å². The van der Waals surface area contributed by atoms with E-state index in [1.807, 2.05) is 18.2 Å². The van der Waals surface area contributed by atoms with Crippen LogP contribution in [0, 0.1) is 0 Å². The highest BCUT2D eigenvalue weighted by atomic mass is 35.5. The quantitative estimate of drug-likeness (QED) is 0.622. The van der Waals surface area contributed by atoms with Crippen molar-refractivity contribution in [3.63, 3.8) is 0 Å². The largest absolute Gasteiger partial charge is 0.347 e. The Bertz CT molecular complexity index is 987. The first-order chi connectivity index (χ1) is 12.6. The van der Waals surface area contributed by atoms with Crippen LogP contribution in [0.4, 0.5) is 0 Å². The molecule has 0 N–H and O–H groups in total. The highest BCUT2D eigenvalue weighted by molar-refractivity contribution is 6.31. The zero-order chi connectivity index (χ0) is 18.3. The molecular weight excluding hydrogens is 348 g/mol. The Morgan fingerprint density at radius 3 is 2.31 bits per heavy atom. The number of aryl methyl sites for hydroxylation is 1. The molecule has 0 saturated carbocycles. The van der Waals surface area contributed by atoms with E-state index in [0.717, 1.165) is 29.4 Å². The lowest BCUT2D eigenvalue weighted by molar-refractivity contribution is 0.0656. The van der Waals surface area contributed by atoms with Gasteiger partial charge in [0.25, 0.3) is 11.8 Å². The van der Waals surface area contributed by atoms with Crippen LogP contribution in [0.25, 0.3) is 10.9 Å². The maximum absolute atomic E-state index is 12.5. The molecule has 2 amide bonds. The number of hydrogen-bond donors (Lipinski definition) is 0. The van der Waals surface area contributed by atoms with Gasteiger partial charge in [-0.05, 0) is 48.7 Å². The SMILES string of the molecule is CCCn1cc(CCN2C(=O)c3ccccc3C2=O)c2cc(Cl)ccc21. The molecule has 2 aromatic carbocycles. The Labute approximate surface area is 157 Å². The molecule has 0 radical (unpaired) electrons. The molecule has 2 heterocycles. The van der Waals surface area contributed by atoms with E-state index in [1.165, 1.54) is 4.90 Å². The van der Waals surface area contributed by atoms with Gasteiger partial charge in [0.05, 0.1) is 11.1 Å². The smallest absolute Gasteiger partial charge is 0.261 e. The van der Waals surface area contributed by atoms with Gasteiger partial charge in [0.2, 0.25) is 0 Å². The van der Waals surface area contributed by atoms with Crippen molar-refractivity contribution in [1.82, 2.24) is 9.47 Å². The Morgan fingerprint density at radius 1 is 0.962 bits per heavy atom. The summed E-state index contributed by atoms with van der Waals surface area (Å²) in [6.07, 6.45) is 3.76. The number of aromatic nitrogens is 1. The number of carbonyl (C=O) groups excluding carboxylic acids is 2. The third-order valence-electron chi connectivity index (χ3n) is 4.87. The van der Waals surface area contributed by atoms with Crippen LogP contribution in [0.15, 0.2) is 48.7 Å². The topological polar surface area (TPSA) is 42.3 Å². The zero-order valence-corrected chi connectivity index (χ0v) is 15.3. The van der Waals surface area contributed by atoms with E-state index in [2.05, 4.69) is 17.7 Å². The number of imide groups is 1. The standard InChI is InChI=1S/C21H19ClN2O2/c1-2-10-23-13-14(18-12-15(22)7-8-19(18)23)9-11-24-20(25)16-5-3-4-6-17(16)21(24)26/h3-8,12-13H,2,9-11H2,1H3. The van der Waals surface area contributed by atoms with E-state index in [-0.39, 0.29) is 11.8 Å². The maximum Gasteiger partial charge on any atom is 0.261 e. The second kappa shape index (κ2) is 6.61. The average molecular weight is 367 g/mol. The molecule has 0 aliphatic carbocycles. The van der Waals surface area contributed by atoms with Gasteiger partial charge < -0.3 is 4.57 Å². The third kappa shape index (κ3) is 2.71. The van der Waals surface area contributed by atoms with Gasteiger partial charge in [-0.15, -0.1) is 0 Å². The van der Waals surface area contributed by atoms with Gasteiger partial charge in [-0.25, -0.2) is 0 Å². The van der Waals surface area contributed by atoms with Crippen LogP contribution in [0.3, 0.4) is 0 Å². The number of fused-ring (bicyclic) bond motifs is 2. The van der Waals surface area contributed by atoms with Gasteiger partial charge in [-0.2, -0.15) is 0 Å². The first-order valence-electron chi connectivity index (χ1n) is 8.82. The van der Waals surface area contributed by atoms with Crippen molar-refractivity contribution >= 4 is 34.3 Å². The molecule has 0 bridgehead atoms. The number of hydrogen-bond acceptors (Lipinski definition) is 2. The molecule has 3 aromatic rings. The second-order valence-electron chi connectivity index (χ2n) is 6.57. The van der Waals surface area contributed by atoms with Gasteiger partial charge in [0.15, 0.2) is 0 Å².